The Morgan fingerprint density at radius 2 is 1.90 bits per heavy atom. The van der Waals surface area contributed by atoms with E-state index in [4.69, 9.17) is 4.74 Å². The number of hydrogen-bond donors (Lipinski definition) is 1. The maximum Gasteiger partial charge on any atom is 0.384 e. The summed E-state index contributed by atoms with van der Waals surface area (Å²) in [6.45, 7) is 7.00. The molecule has 6 nitrogen and oxygen atoms in total. The number of ketones is 1. The van der Waals surface area contributed by atoms with Crippen LogP contribution in [0, 0.1) is 17.3 Å². The second-order valence-electron chi connectivity index (χ2n) is 5.82. The van der Waals surface area contributed by atoms with Crippen LogP contribution in [0.25, 0.3) is 0 Å². The van der Waals surface area contributed by atoms with E-state index in [2.05, 4.69) is 21.9 Å². The molecule has 1 aliphatic carbocycles. The van der Waals surface area contributed by atoms with Gasteiger partial charge in [0.25, 0.3) is 0 Å². The molecule has 0 aliphatic heterocycles. The van der Waals surface area contributed by atoms with Crippen LogP contribution >= 0.6 is 0 Å². The molecule has 6 heteroatoms. The molecule has 0 aromatic carbocycles. The van der Waals surface area contributed by atoms with E-state index in [0.29, 0.717) is 6.42 Å². The van der Waals surface area contributed by atoms with Crippen molar-refractivity contribution >= 4 is 17.7 Å². The van der Waals surface area contributed by atoms with Gasteiger partial charge < -0.3 is 14.8 Å². The van der Waals surface area contributed by atoms with Crippen molar-refractivity contribution in [2.75, 3.05) is 13.7 Å². The number of nitrogens with one attached hydrogen (secondary N) is 1. The Morgan fingerprint density at radius 1 is 1.29 bits per heavy atom. The van der Waals surface area contributed by atoms with Gasteiger partial charge in [0.15, 0.2) is 5.41 Å². The fraction of sp³-hybridized carbons (Fsp3) is 0.667. The average molecular weight is 295 g/mol. The lowest BCUT2D eigenvalue weighted by Gasteiger charge is -2.22. The number of ether oxygens (including phenoxy) is 2. The highest BCUT2D eigenvalue weighted by Crippen LogP contribution is 2.48. The molecule has 1 fully saturated rings. The molecular formula is C15H21NO5. The fourth-order valence-corrected chi connectivity index (χ4v) is 1.94. The summed E-state index contributed by atoms with van der Waals surface area (Å²) >= 11 is 0. The quantitative estimate of drug-likeness (QED) is 0.266. The molecule has 2 unspecified atom stereocenters. The third kappa shape index (κ3) is 4.05. The molecule has 0 bridgehead atoms. The minimum absolute atomic E-state index is 0.179. The van der Waals surface area contributed by atoms with E-state index in [1.54, 1.807) is 34.7 Å². The van der Waals surface area contributed by atoms with Gasteiger partial charge in [-0.1, -0.05) is 0 Å². The van der Waals surface area contributed by atoms with Gasteiger partial charge >= 0.3 is 11.9 Å². The zero-order valence-corrected chi connectivity index (χ0v) is 13.0. The first-order chi connectivity index (χ1) is 9.67. The monoisotopic (exact) mass is 295 g/mol. The van der Waals surface area contributed by atoms with E-state index in [1.807, 2.05) is 0 Å². The van der Waals surface area contributed by atoms with E-state index in [9.17, 15) is 14.4 Å². The summed E-state index contributed by atoms with van der Waals surface area (Å²) in [5.74, 6) is 2.27. The van der Waals surface area contributed by atoms with Crippen LogP contribution in [0.15, 0.2) is 0 Å². The average Bonchev–Trinajstić information content (AvgIpc) is 3.10. The first kappa shape index (κ1) is 17.2. The number of hydrogen-bond acceptors (Lipinski definition) is 6. The van der Waals surface area contributed by atoms with Crippen LogP contribution in [0.1, 0.15) is 34.1 Å². The molecule has 21 heavy (non-hydrogen) atoms. The zero-order chi connectivity index (χ0) is 16.3. The maximum absolute atomic E-state index is 12.3. The predicted octanol–water partition coefficient (Wildman–Crippen LogP) is 0.442. The molecule has 0 aromatic heterocycles. The molecule has 2 atom stereocenters. The summed E-state index contributed by atoms with van der Waals surface area (Å²) in [7, 11) is 1.66. The molecule has 0 radical (unpaired) electrons. The van der Waals surface area contributed by atoms with Gasteiger partial charge in [0.1, 0.15) is 5.60 Å². The van der Waals surface area contributed by atoms with Crippen LogP contribution < -0.4 is 5.32 Å². The standard InChI is InChI=1S/C15H21NO5/c1-6-20-12(18)8-7-11(17)15(9-10(15)16-5)13(19)21-14(2,3)4/h10,16H,6,9H2,1-5H3. The molecule has 1 aliphatic rings. The number of carbonyl (C=O) groups excluding carboxylic acids is 3. The first-order valence-electron chi connectivity index (χ1n) is 6.81. The fourth-order valence-electron chi connectivity index (χ4n) is 1.94. The second kappa shape index (κ2) is 6.27. The van der Waals surface area contributed by atoms with Gasteiger partial charge in [-0.05, 0) is 47.1 Å². The Balaban J connectivity index is 2.90. The van der Waals surface area contributed by atoms with Crippen molar-refractivity contribution in [3.63, 3.8) is 0 Å². The Bertz CT molecular complexity index is 508. The van der Waals surface area contributed by atoms with Gasteiger partial charge in [-0.25, -0.2) is 4.79 Å². The van der Waals surface area contributed by atoms with E-state index in [0.717, 1.165) is 0 Å². The predicted molar refractivity (Wildman–Crippen MR) is 75.2 cm³/mol. The summed E-state index contributed by atoms with van der Waals surface area (Å²) in [5, 5.41) is 2.88. The Labute approximate surface area is 124 Å². The van der Waals surface area contributed by atoms with Crippen LogP contribution in [0.5, 0.6) is 0 Å². The van der Waals surface area contributed by atoms with Gasteiger partial charge in [-0.15, -0.1) is 0 Å². The van der Waals surface area contributed by atoms with Crippen LogP contribution in [0.2, 0.25) is 0 Å². The van der Waals surface area contributed by atoms with Crippen molar-refractivity contribution < 1.29 is 23.9 Å². The molecule has 0 aromatic rings. The zero-order valence-electron chi connectivity index (χ0n) is 13.0. The molecule has 116 valence electrons. The highest BCUT2D eigenvalue weighted by Gasteiger charge is 2.66. The summed E-state index contributed by atoms with van der Waals surface area (Å²) in [5.41, 5.74) is -2.01. The third-order valence-electron chi connectivity index (χ3n) is 3.03. The van der Waals surface area contributed by atoms with Crippen molar-refractivity contribution in [3.8, 4) is 11.8 Å². The van der Waals surface area contributed by atoms with Gasteiger partial charge in [-0.3, -0.25) is 9.59 Å². The van der Waals surface area contributed by atoms with Gasteiger partial charge in [0, 0.05) is 12.0 Å². The van der Waals surface area contributed by atoms with Crippen LogP contribution in [0.4, 0.5) is 0 Å². The highest BCUT2D eigenvalue weighted by atomic mass is 16.6. The molecule has 1 rings (SSSR count). The van der Waals surface area contributed by atoms with E-state index in [-0.39, 0.29) is 12.6 Å². The smallest absolute Gasteiger partial charge is 0.384 e. The lowest BCUT2D eigenvalue weighted by Crippen LogP contribution is -2.38. The number of carbonyl (C=O) groups is 3. The molecule has 0 spiro atoms. The Hall–Kier alpha value is -1.87. The Morgan fingerprint density at radius 3 is 2.33 bits per heavy atom. The molecule has 1 N–H and O–H groups in total. The van der Waals surface area contributed by atoms with Crippen molar-refractivity contribution in [3.05, 3.63) is 0 Å². The molecule has 1 saturated carbocycles. The minimum atomic E-state index is -1.32. The van der Waals surface area contributed by atoms with Crippen molar-refractivity contribution in [2.24, 2.45) is 5.41 Å². The number of Topliss-reactive ketones (excluding diaryl/α,β-unsaturated/α-hetero) is 1. The van der Waals surface area contributed by atoms with Crippen LogP contribution in [-0.2, 0) is 23.9 Å². The highest BCUT2D eigenvalue weighted by molar-refractivity contribution is 6.17. The minimum Gasteiger partial charge on any atom is -0.459 e. The molecule has 0 heterocycles. The lowest BCUT2D eigenvalue weighted by molar-refractivity contribution is -0.163. The number of esters is 2. The van der Waals surface area contributed by atoms with E-state index < -0.39 is 28.7 Å². The largest absolute Gasteiger partial charge is 0.459 e. The van der Waals surface area contributed by atoms with Crippen LogP contribution in [-0.4, -0.2) is 43.0 Å². The second-order valence-corrected chi connectivity index (χ2v) is 5.82. The van der Waals surface area contributed by atoms with Crippen LogP contribution in [0.3, 0.4) is 0 Å². The summed E-state index contributed by atoms with van der Waals surface area (Å²) < 4.78 is 9.91. The lowest BCUT2D eigenvalue weighted by atomic mass is 9.99. The summed E-state index contributed by atoms with van der Waals surface area (Å²) in [6, 6.07) is -0.323. The van der Waals surface area contributed by atoms with E-state index in [1.165, 1.54) is 0 Å². The normalized spacial score (nSPS) is 23.6. The van der Waals surface area contributed by atoms with Crippen molar-refractivity contribution in [1.29, 1.82) is 0 Å². The first-order valence-corrected chi connectivity index (χ1v) is 6.81. The SMILES string of the molecule is CCOC(=O)C#CC(=O)C1(C(=O)OC(C)(C)C)CC1NC. The topological polar surface area (TPSA) is 81.7 Å². The van der Waals surface area contributed by atoms with Gasteiger partial charge in [0.05, 0.1) is 6.61 Å². The molecular weight excluding hydrogens is 274 g/mol. The third-order valence-corrected chi connectivity index (χ3v) is 3.03. The molecule has 0 saturated heterocycles. The van der Waals surface area contributed by atoms with Crippen molar-refractivity contribution in [2.45, 2.75) is 45.8 Å². The van der Waals surface area contributed by atoms with Crippen molar-refractivity contribution in [1.82, 2.24) is 5.32 Å². The maximum atomic E-state index is 12.3. The van der Waals surface area contributed by atoms with Gasteiger partial charge in [0.2, 0.25) is 5.78 Å². The number of rotatable bonds is 4. The molecule has 0 amide bonds. The van der Waals surface area contributed by atoms with Gasteiger partial charge in [-0.2, -0.15) is 0 Å². The Kier molecular flexibility index (Phi) is 5.13. The van der Waals surface area contributed by atoms with E-state index >= 15 is 0 Å². The summed E-state index contributed by atoms with van der Waals surface area (Å²) in [6.07, 6.45) is 0.314. The summed E-state index contributed by atoms with van der Waals surface area (Å²) in [4.78, 5) is 35.6.